The molecule has 0 saturated carbocycles. The molecule has 0 amide bonds. The molecule has 2 aliphatic rings. The van der Waals surface area contributed by atoms with E-state index in [4.69, 9.17) is 4.42 Å². The summed E-state index contributed by atoms with van der Waals surface area (Å²) in [6.45, 7) is 9.62. The van der Waals surface area contributed by atoms with Crippen molar-refractivity contribution in [1.29, 1.82) is 0 Å². The lowest BCUT2D eigenvalue weighted by molar-refractivity contribution is 0.269. The standard InChI is InChI=1S/C12H19N3O/c1-8-9(2)16-12(14-8)7-15-5-10-3-13-4-11(10)6-15/h10-11,13H,3-7H2,1-2H3. The molecule has 0 radical (unpaired) electrons. The van der Waals surface area contributed by atoms with E-state index in [0.717, 1.165) is 35.7 Å². The molecule has 88 valence electrons. The Bertz CT molecular complexity index is 356. The van der Waals surface area contributed by atoms with Gasteiger partial charge in [0.25, 0.3) is 0 Å². The summed E-state index contributed by atoms with van der Waals surface area (Å²) in [7, 11) is 0. The van der Waals surface area contributed by atoms with Crippen LogP contribution < -0.4 is 5.32 Å². The van der Waals surface area contributed by atoms with Crippen LogP contribution in [0.25, 0.3) is 0 Å². The number of likely N-dealkylation sites (tertiary alicyclic amines) is 1. The van der Waals surface area contributed by atoms with Gasteiger partial charge in [0.15, 0.2) is 0 Å². The van der Waals surface area contributed by atoms with Crippen LogP contribution in [-0.4, -0.2) is 36.1 Å². The number of oxazole rings is 1. The highest BCUT2D eigenvalue weighted by atomic mass is 16.4. The van der Waals surface area contributed by atoms with Crippen molar-refractivity contribution >= 4 is 0 Å². The average Bonchev–Trinajstić information content (AvgIpc) is 2.83. The highest BCUT2D eigenvalue weighted by Gasteiger charge is 2.36. The second-order valence-corrected chi connectivity index (χ2v) is 5.12. The van der Waals surface area contributed by atoms with Crippen molar-refractivity contribution < 1.29 is 4.42 Å². The molecule has 1 N–H and O–H groups in total. The van der Waals surface area contributed by atoms with E-state index in [-0.39, 0.29) is 0 Å². The Morgan fingerprint density at radius 1 is 1.31 bits per heavy atom. The van der Waals surface area contributed by atoms with E-state index in [2.05, 4.69) is 15.2 Å². The van der Waals surface area contributed by atoms with Crippen LogP contribution >= 0.6 is 0 Å². The second-order valence-electron chi connectivity index (χ2n) is 5.12. The zero-order valence-electron chi connectivity index (χ0n) is 9.99. The molecule has 2 saturated heterocycles. The fourth-order valence-corrected chi connectivity index (χ4v) is 2.88. The van der Waals surface area contributed by atoms with Crippen LogP contribution in [0.2, 0.25) is 0 Å². The number of nitrogens with one attached hydrogen (secondary N) is 1. The first kappa shape index (κ1) is 10.3. The van der Waals surface area contributed by atoms with Gasteiger partial charge in [-0.2, -0.15) is 0 Å². The molecule has 1 aromatic heterocycles. The molecular weight excluding hydrogens is 202 g/mol. The zero-order chi connectivity index (χ0) is 11.1. The number of hydrogen-bond donors (Lipinski definition) is 1. The third-order valence-corrected chi connectivity index (χ3v) is 3.90. The van der Waals surface area contributed by atoms with Gasteiger partial charge in [0, 0.05) is 13.1 Å². The minimum absolute atomic E-state index is 0.845. The third-order valence-electron chi connectivity index (χ3n) is 3.90. The Labute approximate surface area is 96.0 Å². The smallest absolute Gasteiger partial charge is 0.208 e. The molecule has 0 aromatic carbocycles. The summed E-state index contributed by atoms with van der Waals surface area (Å²) < 4.78 is 5.63. The van der Waals surface area contributed by atoms with Gasteiger partial charge in [-0.3, -0.25) is 4.90 Å². The van der Waals surface area contributed by atoms with E-state index in [0.29, 0.717) is 0 Å². The topological polar surface area (TPSA) is 41.3 Å². The van der Waals surface area contributed by atoms with E-state index in [1.807, 2.05) is 13.8 Å². The predicted octanol–water partition coefficient (Wildman–Crippen LogP) is 0.943. The van der Waals surface area contributed by atoms with Gasteiger partial charge >= 0.3 is 0 Å². The zero-order valence-corrected chi connectivity index (χ0v) is 9.99. The third kappa shape index (κ3) is 1.76. The Balaban J connectivity index is 1.64. The maximum absolute atomic E-state index is 5.63. The summed E-state index contributed by atoms with van der Waals surface area (Å²) in [5.74, 6) is 3.52. The van der Waals surface area contributed by atoms with Crippen LogP contribution in [0.5, 0.6) is 0 Å². The molecule has 0 spiro atoms. The lowest BCUT2D eigenvalue weighted by Gasteiger charge is -2.14. The van der Waals surface area contributed by atoms with Gasteiger partial charge in [0.1, 0.15) is 5.76 Å². The number of rotatable bonds is 2. The van der Waals surface area contributed by atoms with Crippen molar-refractivity contribution in [3.63, 3.8) is 0 Å². The first-order valence-corrected chi connectivity index (χ1v) is 6.08. The van der Waals surface area contributed by atoms with Gasteiger partial charge in [-0.15, -0.1) is 0 Å². The van der Waals surface area contributed by atoms with E-state index in [1.54, 1.807) is 0 Å². The van der Waals surface area contributed by atoms with Gasteiger partial charge in [-0.1, -0.05) is 0 Å². The summed E-state index contributed by atoms with van der Waals surface area (Å²) in [5.41, 5.74) is 1.02. The van der Waals surface area contributed by atoms with Crippen LogP contribution in [0, 0.1) is 25.7 Å². The molecule has 2 aliphatic heterocycles. The van der Waals surface area contributed by atoms with Crippen LogP contribution in [0.3, 0.4) is 0 Å². The molecule has 2 fully saturated rings. The van der Waals surface area contributed by atoms with E-state index in [9.17, 15) is 0 Å². The minimum Gasteiger partial charge on any atom is -0.444 e. The van der Waals surface area contributed by atoms with Crippen LogP contribution in [0.4, 0.5) is 0 Å². The van der Waals surface area contributed by atoms with E-state index < -0.39 is 0 Å². The van der Waals surface area contributed by atoms with Crippen molar-refractivity contribution in [3.05, 3.63) is 17.3 Å². The highest BCUT2D eigenvalue weighted by Crippen LogP contribution is 2.27. The Morgan fingerprint density at radius 3 is 2.56 bits per heavy atom. The van der Waals surface area contributed by atoms with Crippen LogP contribution in [-0.2, 0) is 6.54 Å². The number of aryl methyl sites for hydroxylation is 2. The van der Waals surface area contributed by atoms with Gasteiger partial charge in [-0.25, -0.2) is 4.98 Å². The number of nitrogens with zero attached hydrogens (tertiary/aromatic N) is 2. The number of aromatic nitrogens is 1. The molecule has 0 bridgehead atoms. The Hall–Kier alpha value is -0.870. The fraction of sp³-hybridized carbons (Fsp3) is 0.750. The van der Waals surface area contributed by atoms with Gasteiger partial charge in [0.2, 0.25) is 5.89 Å². The van der Waals surface area contributed by atoms with Crippen molar-refractivity contribution in [3.8, 4) is 0 Å². The predicted molar refractivity (Wildman–Crippen MR) is 61.1 cm³/mol. The van der Waals surface area contributed by atoms with Crippen LogP contribution in [0.15, 0.2) is 4.42 Å². The highest BCUT2D eigenvalue weighted by molar-refractivity contribution is 5.05. The van der Waals surface area contributed by atoms with Gasteiger partial charge < -0.3 is 9.73 Å². The van der Waals surface area contributed by atoms with Crippen molar-refractivity contribution in [2.75, 3.05) is 26.2 Å². The molecule has 0 aliphatic carbocycles. The molecule has 3 heterocycles. The molecule has 4 nitrogen and oxygen atoms in total. The quantitative estimate of drug-likeness (QED) is 0.807. The summed E-state index contributed by atoms with van der Waals surface area (Å²) in [6.07, 6.45) is 0. The van der Waals surface area contributed by atoms with Crippen molar-refractivity contribution in [2.24, 2.45) is 11.8 Å². The number of hydrogen-bond acceptors (Lipinski definition) is 4. The van der Waals surface area contributed by atoms with Crippen molar-refractivity contribution in [1.82, 2.24) is 15.2 Å². The Kier molecular flexibility index (Phi) is 2.48. The monoisotopic (exact) mass is 221 g/mol. The summed E-state index contributed by atoms with van der Waals surface area (Å²) in [4.78, 5) is 6.92. The summed E-state index contributed by atoms with van der Waals surface area (Å²) in [6, 6.07) is 0. The maximum Gasteiger partial charge on any atom is 0.208 e. The molecule has 2 atom stereocenters. The molecule has 4 heteroatoms. The average molecular weight is 221 g/mol. The first-order valence-electron chi connectivity index (χ1n) is 6.08. The number of fused-ring (bicyclic) bond motifs is 1. The maximum atomic E-state index is 5.63. The van der Waals surface area contributed by atoms with Gasteiger partial charge in [0.05, 0.1) is 12.2 Å². The first-order chi connectivity index (χ1) is 7.72. The van der Waals surface area contributed by atoms with Crippen LogP contribution in [0.1, 0.15) is 17.3 Å². The molecule has 3 rings (SSSR count). The summed E-state index contributed by atoms with van der Waals surface area (Å²) >= 11 is 0. The lowest BCUT2D eigenvalue weighted by Crippen LogP contribution is -2.25. The van der Waals surface area contributed by atoms with E-state index >= 15 is 0 Å². The fourth-order valence-electron chi connectivity index (χ4n) is 2.88. The Morgan fingerprint density at radius 2 is 2.00 bits per heavy atom. The molecule has 16 heavy (non-hydrogen) atoms. The lowest BCUT2D eigenvalue weighted by atomic mass is 10.0. The second kappa shape index (κ2) is 3.86. The van der Waals surface area contributed by atoms with Crippen molar-refractivity contribution in [2.45, 2.75) is 20.4 Å². The normalized spacial score (nSPS) is 29.9. The largest absolute Gasteiger partial charge is 0.444 e. The minimum atomic E-state index is 0.845. The molecule has 2 unspecified atom stereocenters. The summed E-state index contributed by atoms with van der Waals surface area (Å²) in [5, 5.41) is 3.46. The molecular formula is C12H19N3O. The van der Waals surface area contributed by atoms with E-state index in [1.165, 1.54) is 26.2 Å². The molecule has 1 aromatic rings. The van der Waals surface area contributed by atoms with Gasteiger partial charge in [-0.05, 0) is 38.8 Å². The SMILES string of the molecule is Cc1nc(CN2CC3CNCC3C2)oc1C.